The molecule has 25 heavy (non-hydrogen) atoms. The summed E-state index contributed by atoms with van der Waals surface area (Å²) in [6.45, 7) is 2.04. The lowest BCUT2D eigenvalue weighted by molar-refractivity contribution is 0.441. The number of hydrogen-bond acceptors (Lipinski definition) is 5. The lowest BCUT2D eigenvalue weighted by atomic mass is 10.1. The zero-order valence-electron chi connectivity index (χ0n) is 13.5. The van der Waals surface area contributed by atoms with Gasteiger partial charge in [-0.05, 0) is 30.7 Å². The van der Waals surface area contributed by atoms with Crippen molar-refractivity contribution in [3.05, 3.63) is 83.0 Å². The van der Waals surface area contributed by atoms with Gasteiger partial charge in [0.15, 0.2) is 0 Å². The van der Waals surface area contributed by atoms with Crippen LogP contribution in [0.4, 0.5) is 0 Å². The van der Waals surface area contributed by atoms with E-state index in [1.54, 1.807) is 30.6 Å². The Bertz CT molecular complexity index is 1080. The molecule has 0 aliphatic heterocycles. The van der Waals surface area contributed by atoms with Crippen LogP contribution in [-0.4, -0.2) is 9.97 Å². The molecule has 4 rings (SSSR count). The molecule has 0 saturated carbocycles. The molecule has 2 aromatic heterocycles. The first-order valence-electron chi connectivity index (χ1n) is 7.78. The minimum atomic E-state index is -0.400. The molecule has 0 amide bonds. The summed E-state index contributed by atoms with van der Waals surface area (Å²) in [5, 5.41) is 0.822. The number of aryl methyl sites for hydroxylation is 1. The highest BCUT2D eigenvalue weighted by Gasteiger charge is 2.05. The van der Waals surface area contributed by atoms with Crippen molar-refractivity contribution >= 4 is 11.0 Å². The van der Waals surface area contributed by atoms with E-state index >= 15 is 0 Å². The average molecular weight is 330 g/mol. The highest BCUT2D eigenvalue weighted by Crippen LogP contribution is 2.24. The van der Waals surface area contributed by atoms with Gasteiger partial charge in [-0.25, -0.2) is 14.8 Å². The maximum Gasteiger partial charge on any atom is 0.336 e. The normalized spacial score (nSPS) is 10.8. The summed E-state index contributed by atoms with van der Waals surface area (Å²) < 4.78 is 10.8. The zero-order chi connectivity index (χ0) is 17.2. The van der Waals surface area contributed by atoms with Crippen molar-refractivity contribution in [2.45, 2.75) is 6.92 Å². The fourth-order valence-electron chi connectivity index (χ4n) is 2.47. The number of rotatable bonds is 3. The number of aromatic nitrogens is 2. The first-order valence-corrected chi connectivity index (χ1v) is 7.78. The van der Waals surface area contributed by atoms with Gasteiger partial charge in [-0.15, -0.1) is 0 Å². The molecule has 0 saturated heterocycles. The Labute approximate surface area is 143 Å². The average Bonchev–Trinajstić information content (AvgIpc) is 2.63. The van der Waals surface area contributed by atoms with Crippen LogP contribution in [0.15, 0.2) is 76.2 Å². The number of fused-ring (bicyclic) bond motifs is 1. The van der Waals surface area contributed by atoms with Gasteiger partial charge in [-0.3, -0.25) is 0 Å². The predicted octanol–water partition coefficient (Wildman–Crippen LogP) is 4.35. The van der Waals surface area contributed by atoms with Crippen LogP contribution in [0.25, 0.3) is 22.1 Å². The van der Waals surface area contributed by atoms with Gasteiger partial charge in [-0.2, -0.15) is 0 Å². The second kappa shape index (κ2) is 6.20. The molecule has 0 N–H and O–H groups in total. The highest BCUT2D eigenvalue weighted by molar-refractivity contribution is 5.77. The van der Waals surface area contributed by atoms with Crippen LogP contribution in [-0.2, 0) is 0 Å². The van der Waals surface area contributed by atoms with Gasteiger partial charge >= 0.3 is 11.6 Å². The molecule has 0 aliphatic carbocycles. The van der Waals surface area contributed by atoms with E-state index in [-0.39, 0.29) is 6.01 Å². The van der Waals surface area contributed by atoms with Gasteiger partial charge in [0.05, 0.1) is 0 Å². The van der Waals surface area contributed by atoms with Crippen LogP contribution < -0.4 is 10.4 Å². The SMILES string of the molecule is Cc1ccc(-c2cnc(Oc3ccc4ccc(=O)oc4c3)nc2)cc1. The van der Waals surface area contributed by atoms with Crippen molar-refractivity contribution in [2.75, 3.05) is 0 Å². The van der Waals surface area contributed by atoms with Crippen molar-refractivity contribution in [2.24, 2.45) is 0 Å². The van der Waals surface area contributed by atoms with E-state index in [1.807, 2.05) is 37.3 Å². The van der Waals surface area contributed by atoms with Crippen LogP contribution >= 0.6 is 0 Å². The molecule has 2 heterocycles. The van der Waals surface area contributed by atoms with Crippen LogP contribution in [0.3, 0.4) is 0 Å². The van der Waals surface area contributed by atoms with Gasteiger partial charge in [0, 0.05) is 35.5 Å². The number of nitrogens with zero attached hydrogens (tertiary/aromatic N) is 2. The second-order valence-corrected chi connectivity index (χ2v) is 5.68. The first-order chi connectivity index (χ1) is 12.2. The van der Waals surface area contributed by atoms with Gasteiger partial charge < -0.3 is 9.15 Å². The third-order valence-corrected chi connectivity index (χ3v) is 3.82. The quantitative estimate of drug-likeness (QED) is 0.522. The van der Waals surface area contributed by atoms with E-state index in [4.69, 9.17) is 9.15 Å². The Morgan fingerprint density at radius 2 is 1.60 bits per heavy atom. The van der Waals surface area contributed by atoms with E-state index in [1.165, 1.54) is 11.6 Å². The molecular formula is C20H14N2O3. The smallest absolute Gasteiger partial charge is 0.336 e. The third-order valence-electron chi connectivity index (χ3n) is 3.82. The predicted molar refractivity (Wildman–Crippen MR) is 94.8 cm³/mol. The fraction of sp³-hybridized carbons (Fsp3) is 0.0500. The van der Waals surface area contributed by atoms with Crippen LogP contribution in [0.5, 0.6) is 11.8 Å². The molecule has 0 spiro atoms. The van der Waals surface area contributed by atoms with Crippen molar-refractivity contribution in [3.8, 4) is 22.9 Å². The van der Waals surface area contributed by atoms with Crippen molar-refractivity contribution in [3.63, 3.8) is 0 Å². The Morgan fingerprint density at radius 3 is 2.36 bits per heavy atom. The molecule has 122 valence electrons. The Kier molecular flexibility index (Phi) is 3.74. The molecule has 0 bridgehead atoms. The number of hydrogen-bond donors (Lipinski definition) is 0. The molecule has 4 aromatic rings. The zero-order valence-corrected chi connectivity index (χ0v) is 13.5. The second-order valence-electron chi connectivity index (χ2n) is 5.68. The van der Waals surface area contributed by atoms with Gasteiger partial charge in [-0.1, -0.05) is 29.8 Å². The number of ether oxygens (including phenoxy) is 1. The van der Waals surface area contributed by atoms with Gasteiger partial charge in [0.1, 0.15) is 11.3 Å². The molecule has 0 aliphatic rings. The van der Waals surface area contributed by atoms with E-state index in [9.17, 15) is 4.79 Å². The minimum absolute atomic E-state index is 0.230. The summed E-state index contributed by atoms with van der Waals surface area (Å²) in [5.74, 6) is 0.505. The van der Waals surface area contributed by atoms with Gasteiger partial charge in [0.25, 0.3) is 0 Å². The standard InChI is InChI=1S/C20H14N2O3/c1-13-2-4-14(5-3-13)16-11-21-20(22-12-16)24-17-8-6-15-7-9-19(23)25-18(15)10-17/h2-12H,1H3. The lowest BCUT2D eigenvalue weighted by Crippen LogP contribution is -1.95. The Balaban J connectivity index is 1.58. The van der Waals surface area contributed by atoms with Crippen LogP contribution in [0.1, 0.15) is 5.56 Å². The van der Waals surface area contributed by atoms with Crippen molar-refractivity contribution in [1.29, 1.82) is 0 Å². The lowest BCUT2D eigenvalue weighted by Gasteiger charge is -2.06. The molecule has 0 atom stereocenters. The summed E-state index contributed by atoms with van der Waals surface area (Å²) in [4.78, 5) is 19.8. The summed E-state index contributed by atoms with van der Waals surface area (Å²) in [5.41, 5.74) is 3.22. The molecule has 5 heteroatoms. The van der Waals surface area contributed by atoms with E-state index in [2.05, 4.69) is 9.97 Å². The van der Waals surface area contributed by atoms with E-state index < -0.39 is 5.63 Å². The van der Waals surface area contributed by atoms with E-state index in [0.29, 0.717) is 11.3 Å². The number of benzene rings is 2. The minimum Gasteiger partial charge on any atom is -0.424 e. The molecular weight excluding hydrogens is 316 g/mol. The van der Waals surface area contributed by atoms with Gasteiger partial charge in [0.2, 0.25) is 0 Å². The maximum absolute atomic E-state index is 11.3. The van der Waals surface area contributed by atoms with Crippen LogP contribution in [0.2, 0.25) is 0 Å². The monoisotopic (exact) mass is 330 g/mol. The molecule has 0 fully saturated rings. The van der Waals surface area contributed by atoms with E-state index in [0.717, 1.165) is 16.5 Å². The molecule has 0 unspecified atom stereocenters. The fourth-order valence-corrected chi connectivity index (χ4v) is 2.47. The summed E-state index contributed by atoms with van der Waals surface area (Å²) in [6, 6.07) is 16.7. The maximum atomic E-state index is 11.3. The molecule has 5 nitrogen and oxygen atoms in total. The Hall–Kier alpha value is -3.47. The molecule has 2 aromatic carbocycles. The Morgan fingerprint density at radius 1 is 0.880 bits per heavy atom. The summed E-state index contributed by atoms with van der Waals surface area (Å²) in [6.07, 6.45) is 3.43. The van der Waals surface area contributed by atoms with Crippen molar-refractivity contribution < 1.29 is 9.15 Å². The summed E-state index contributed by atoms with van der Waals surface area (Å²) >= 11 is 0. The largest absolute Gasteiger partial charge is 0.424 e. The summed E-state index contributed by atoms with van der Waals surface area (Å²) in [7, 11) is 0. The van der Waals surface area contributed by atoms with Crippen LogP contribution in [0, 0.1) is 6.92 Å². The molecule has 0 radical (unpaired) electrons. The topological polar surface area (TPSA) is 65.2 Å². The highest BCUT2D eigenvalue weighted by atomic mass is 16.5. The van der Waals surface area contributed by atoms with Crippen molar-refractivity contribution in [1.82, 2.24) is 9.97 Å². The first kappa shape index (κ1) is 15.1. The third kappa shape index (κ3) is 3.26.